The first-order valence-corrected chi connectivity index (χ1v) is 12.5. The van der Waals surface area contributed by atoms with E-state index in [1.165, 1.54) is 17.8 Å². The summed E-state index contributed by atoms with van der Waals surface area (Å²) in [5.74, 6) is 0.771. The average molecular weight is 570 g/mol. The lowest BCUT2D eigenvalue weighted by atomic mass is 10.2. The van der Waals surface area contributed by atoms with Crippen LogP contribution in [-0.4, -0.2) is 38.7 Å². The molecule has 0 aliphatic heterocycles. The van der Waals surface area contributed by atoms with Crippen molar-refractivity contribution < 1.29 is 27.4 Å². The van der Waals surface area contributed by atoms with Crippen molar-refractivity contribution >= 4 is 27.5 Å². The molecule has 8 nitrogen and oxygen atoms in total. The molecule has 1 aliphatic rings. The van der Waals surface area contributed by atoms with E-state index < -0.39 is 23.8 Å². The van der Waals surface area contributed by atoms with E-state index in [1.54, 1.807) is 10.9 Å². The van der Waals surface area contributed by atoms with Crippen molar-refractivity contribution in [1.29, 1.82) is 0 Å². The summed E-state index contributed by atoms with van der Waals surface area (Å²) >= 11 is 3.06. The number of anilines is 1. The fraction of sp³-hybridized carbons (Fsp3) is 0.458. The topological polar surface area (TPSA) is 83.2 Å². The molecule has 194 valence electrons. The monoisotopic (exact) mass is 569 g/mol. The number of alkyl halides is 3. The molecule has 1 atom stereocenters. The molecule has 12 heteroatoms. The molecule has 1 saturated carbocycles. The molecule has 4 rings (SSSR count). The molecular formula is C24H27BrF3N5O3. The smallest absolute Gasteiger partial charge is 0.436 e. The number of amides is 1. The van der Waals surface area contributed by atoms with Crippen LogP contribution in [0.1, 0.15) is 62.5 Å². The van der Waals surface area contributed by atoms with E-state index in [-0.39, 0.29) is 10.4 Å². The second-order valence-electron chi connectivity index (χ2n) is 8.50. The van der Waals surface area contributed by atoms with Gasteiger partial charge in [-0.25, -0.2) is 0 Å². The molecule has 36 heavy (non-hydrogen) atoms. The number of nitrogens with zero attached hydrogens (tertiary/aromatic N) is 4. The summed E-state index contributed by atoms with van der Waals surface area (Å²) < 4.78 is 54.2. The average Bonchev–Trinajstić information content (AvgIpc) is 3.45. The Kier molecular flexibility index (Phi) is 7.62. The predicted octanol–water partition coefficient (Wildman–Crippen LogP) is 5.78. The minimum atomic E-state index is -4.62. The van der Waals surface area contributed by atoms with Crippen molar-refractivity contribution in [1.82, 2.24) is 19.6 Å². The van der Waals surface area contributed by atoms with Crippen LogP contribution >= 0.6 is 15.9 Å². The lowest BCUT2D eigenvalue weighted by molar-refractivity contribution is -0.142. The van der Waals surface area contributed by atoms with E-state index in [0.29, 0.717) is 42.6 Å². The van der Waals surface area contributed by atoms with Gasteiger partial charge in [0.05, 0.1) is 41.8 Å². The van der Waals surface area contributed by atoms with Crippen LogP contribution in [0.25, 0.3) is 0 Å². The van der Waals surface area contributed by atoms with E-state index in [2.05, 4.69) is 31.4 Å². The Balaban J connectivity index is 1.47. The van der Waals surface area contributed by atoms with Gasteiger partial charge in [-0.2, -0.15) is 23.4 Å². The highest BCUT2D eigenvalue weighted by Crippen LogP contribution is 2.47. The maximum atomic E-state index is 13.4. The summed E-state index contributed by atoms with van der Waals surface area (Å²) in [5, 5.41) is 10.8. The number of hydrogen-bond donors (Lipinski definition) is 1. The number of rotatable bonds is 10. The Morgan fingerprint density at radius 2 is 1.92 bits per heavy atom. The van der Waals surface area contributed by atoms with Crippen molar-refractivity contribution in [2.75, 3.05) is 18.5 Å². The highest BCUT2D eigenvalue weighted by atomic mass is 79.9. The first kappa shape index (κ1) is 26.1. The van der Waals surface area contributed by atoms with Crippen molar-refractivity contribution in [3.8, 4) is 11.5 Å². The van der Waals surface area contributed by atoms with Crippen LogP contribution in [0.4, 0.5) is 18.9 Å². The van der Waals surface area contributed by atoms with E-state index in [1.807, 2.05) is 32.0 Å². The van der Waals surface area contributed by atoms with Gasteiger partial charge in [0.25, 0.3) is 0 Å². The molecular weight excluding hydrogens is 543 g/mol. The fourth-order valence-electron chi connectivity index (χ4n) is 3.88. The maximum Gasteiger partial charge on any atom is 0.436 e. The quantitative estimate of drug-likeness (QED) is 0.334. The van der Waals surface area contributed by atoms with E-state index in [0.717, 1.165) is 18.4 Å². The Hall–Kier alpha value is -3.02. The number of aromatic nitrogens is 4. The van der Waals surface area contributed by atoms with E-state index in [9.17, 15) is 18.0 Å². The van der Waals surface area contributed by atoms with Crippen molar-refractivity contribution in [2.45, 2.75) is 58.3 Å². The normalized spacial score (nSPS) is 14.5. The van der Waals surface area contributed by atoms with E-state index >= 15 is 0 Å². The van der Waals surface area contributed by atoms with Crippen LogP contribution in [-0.2, 0) is 17.5 Å². The molecule has 0 radical (unpaired) electrons. The van der Waals surface area contributed by atoms with Gasteiger partial charge < -0.3 is 14.8 Å². The van der Waals surface area contributed by atoms with Crippen LogP contribution in [0.3, 0.4) is 0 Å². The Bertz CT molecular complexity index is 1240. The van der Waals surface area contributed by atoms with Gasteiger partial charge >= 0.3 is 6.18 Å². The number of carbonyl (C=O) groups excluding carboxylic acids is 1. The summed E-state index contributed by atoms with van der Waals surface area (Å²) in [6.45, 7) is 6.77. The molecule has 3 aromatic rings. The van der Waals surface area contributed by atoms with Crippen molar-refractivity contribution in [3.05, 3.63) is 52.0 Å². The van der Waals surface area contributed by atoms with Gasteiger partial charge in [0.15, 0.2) is 17.2 Å². The van der Waals surface area contributed by atoms with Gasteiger partial charge in [-0.1, -0.05) is 6.07 Å². The van der Waals surface area contributed by atoms with Crippen LogP contribution < -0.4 is 14.8 Å². The molecule has 1 fully saturated rings. The molecule has 0 bridgehead atoms. The number of ether oxygens (including phenoxy) is 2. The number of carbonyl (C=O) groups is 1. The van der Waals surface area contributed by atoms with Crippen LogP contribution in [0.15, 0.2) is 35.1 Å². The molecule has 2 aromatic heterocycles. The standard InChI is InChI=1S/C24H27BrF3N5O3/c1-4-35-18-9-6-15(10-19(18)36-5-2)12-32-13-17(11-29-32)30-23(34)14(3)33-21(16-7-8-16)20(25)22(31-33)24(26,27)28/h6,9-11,13-14,16H,4-5,7-8,12H2,1-3H3,(H,30,34). The third-order valence-corrected chi connectivity index (χ3v) is 6.50. The highest BCUT2D eigenvalue weighted by Gasteiger charge is 2.43. The fourth-order valence-corrected chi connectivity index (χ4v) is 4.69. The number of hydrogen-bond acceptors (Lipinski definition) is 5. The Morgan fingerprint density at radius 3 is 2.56 bits per heavy atom. The largest absolute Gasteiger partial charge is 0.490 e. The first-order valence-electron chi connectivity index (χ1n) is 11.7. The zero-order valence-electron chi connectivity index (χ0n) is 20.1. The zero-order chi connectivity index (χ0) is 26.0. The van der Waals surface area contributed by atoms with Gasteiger partial charge in [0, 0.05) is 12.1 Å². The molecule has 1 amide bonds. The SMILES string of the molecule is CCOc1ccc(Cn2cc(NC(=O)C(C)n3nc(C(F)(F)F)c(Br)c3C3CC3)cn2)cc1OCC. The molecule has 1 aromatic carbocycles. The minimum Gasteiger partial charge on any atom is -0.490 e. The third-order valence-electron chi connectivity index (χ3n) is 5.72. The van der Waals surface area contributed by atoms with Gasteiger partial charge in [-0.15, -0.1) is 0 Å². The molecule has 1 aliphatic carbocycles. The summed E-state index contributed by atoms with van der Waals surface area (Å²) in [5.41, 5.74) is 0.740. The first-order chi connectivity index (χ1) is 17.1. The van der Waals surface area contributed by atoms with Crippen molar-refractivity contribution in [2.24, 2.45) is 0 Å². The molecule has 0 saturated heterocycles. The van der Waals surface area contributed by atoms with Gasteiger partial charge in [-0.05, 0) is 67.2 Å². The Morgan fingerprint density at radius 1 is 1.22 bits per heavy atom. The number of halogens is 4. The zero-order valence-corrected chi connectivity index (χ0v) is 21.7. The lowest BCUT2D eigenvalue weighted by Crippen LogP contribution is -2.26. The summed E-state index contributed by atoms with van der Waals surface area (Å²) in [7, 11) is 0. The highest BCUT2D eigenvalue weighted by molar-refractivity contribution is 9.10. The molecule has 1 N–H and O–H groups in total. The minimum absolute atomic E-state index is 0.0448. The van der Waals surface area contributed by atoms with Gasteiger partial charge in [0.1, 0.15) is 6.04 Å². The third kappa shape index (κ3) is 5.69. The number of benzene rings is 1. The van der Waals surface area contributed by atoms with Crippen LogP contribution in [0.5, 0.6) is 11.5 Å². The second kappa shape index (κ2) is 10.5. The summed E-state index contributed by atoms with van der Waals surface area (Å²) in [6, 6.07) is 4.68. The maximum absolute atomic E-state index is 13.4. The number of nitrogens with one attached hydrogen (secondary N) is 1. The molecule has 2 heterocycles. The van der Waals surface area contributed by atoms with E-state index in [4.69, 9.17) is 9.47 Å². The lowest BCUT2D eigenvalue weighted by Gasteiger charge is -2.15. The second-order valence-corrected chi connectivity index (χ2v) is 9.30. The van der Waals surface area contributed by atoms with Crippen LogP contribution in [0.2, 0.25) is 0 Å². The molecule has 1 unspecified atom stereocenters. The summed E-state index contributed by atoms with van der Waals surface area (Å²) in [6.07, 6.45) is 0.0560. The van der Waals surface area contributed by atoms with Crippen molar-refractivity contribution in [3.63, 3.8) is 0 Å². The summed E-state index contributed by atoms with van der Waals surface area (Å²) in [4.78, 5) is 12.9. The van der Waals surface area contributed by atoms with Gasteiger partial charge in [0.2, 0.25) is 5.91 Å². The molecule has 0 spiro atoms. The van der Waals surface area contributed by atoms with Gasteiger partial charge in [-0.3, -0.25) is 14.2 Å². The Labute approximate surface area is 214 Å². The predicted molar refractivity (Wildman–Crippen MR) is 130 cm³/mol. The van der Waals surface area contributed by atoms with Crippen LogP contribution in [0, 0.1) is 0 Å².